The molecule has 0 aromatic rings. The van der Waals surface area contributed by atoms with Crippen LogP contribution in [0.1, 0.15) is 6.42 Å². The van der Waals surface area contributed by atoms with Crippen molar-refractivity contribution in [2.45, 2.75) is 14.7 Å². The van der Waals surface area contributed by atoms with Gasteiger partial charge in [-0.15, -0.1) is 0 Å². The van der Waals surface area contributed by atoms with Gasteiger partial charge >= 0.3 is 89.1 Å². The van der Waals surface area contributed by atoms with Crippen molar-refractivity contribution in [2.75, 3.05) is 34.4 Å². The average molecular weight is 287 g/mol. The van der Waals surface area contributed by atoms with E-state index in [9.17, 15) is 0 Å². The van der Waals surface area contributed by atoms with Gasteiger partial charge in [-0.2, -0.15) is 0 Å². The number of hydrogen-bond acceptors (Lipinski definition) is 5. The average Bonchev–Trinajstić information content (AvgIpc) is 2.25. The Balaban J connectivity index is 4.72. The van der Waals surface area contributed by atoms with Gasteiger partial charge in [0.15, 0.2) is 0 Å². The van der Waals surface area contributed by atoms with Crippen molar-refractivity contribution < 1.29 is 28.5 Å². The Hall–Kier alpha value is 0.683. The van der Waals surface area contributed by atoms with Crippen LogP contribution in [0.5, 0.6) is 0 Å². The minimum absolute atomic E-state index is 0.519. The third kappa shape index (κ3) is 3.09. The van der Waals surface area contributed by atoms with Crippen LogP contribution in [0.25, 0.3) is 0 Å². The van der Waals surface area contributed by atoms with E-state index in [0.717, 1.165) is 10.5 Å². The third-order valence-corrected chi connectivity index (χ3v) is 15.9. The maximum atomic E-state index is 5.60. The van der Waals surface area contributed by atoms with Crippen LogP contribution in [0.2, 0.25) is 8.26 Å². The van der Waals surface area contributed by atoms with Crippen molar-refractivity contribution in [3.63, 3.8) is 0 Å². The molecule has 0 bridgehead atoms. The van der Waals surface area contributed by atoms with Crippen LogP contribution in [0, 0.1) is 0 Å². The van der Waals surface area contributed by atoms with Crippen molar-refractivity contribution in [2.24, 2.45) is 11.5 Å². The third-order valence-electron chi connectivity index (χ3n) is 2.86. The van der Waals surface area contributed by atoms with Gasteiger partial charge < -0.3 is 0 Å². The van der Waals surface area contributed by atoms with Crippen molar-refractivity contribution in [1.29, 1.82) is 0 Å². The summed E-state index contributed by atoms with van der Waals surface area (Å²) in [5.74, 6) is 0. The number of nitrogens with two attached hydrogens (primary N) is 2. The molecule has 0 rings (SSSR count). The van der Waals surface area contributed by atoms with Crippen molar-refractivity contribution in [3.8, 4) is 0 Å². The molecule has 0 aromatic heterocycles. The fourth-order valence-electron chi connectivity index (χ4n) is 1.71. The van der Waals surface area contributed by atoms with Gasteiger partial charge in [-0.25, -0.2) is 0 Å². The molecule has 0 radical (unpaired) electrons. The molecule has 14 heavy (non-hydrogen) atoms. The summed E-state index contributed by atoms with van der Waals surface area (Å²) in [5, 5.41) is 0. The molecule has 0 aromatic carbocycles. The zero-order valence-electron chi connectivity index (χ0n) is 9.41. The van der Waals surface area contributed by atoms with Gasteiger partial charge in [0.2, 0.25) is 0 Å². The zero-order chi connectivity index (χ0) is 11.1. The molecule has 6 heteroatoms. The molecular weight excluding hydrogens is 263 g/mol. The molecular formula is C8H23N2O3Zr. The van der Waals surface area contributed by atoms with Gasteiger partial charge in [0, 0.05) is 0 Å². The molecule has 0 fully saturated rings. The fraction of sp³-hybridized carbons (Fsp3) is 1.00. The van der Waals surface area contributed by atoms with Crippen LogP contribution < -0.4 is 11.5 Å². The Bertz CT molecular complexity index is 154. The first-order valence-electron chi connectivity index (χ1n) is 4.86. The Kier molecular flexibility index (Phi) is 6.61. The number of rotatable bonds is 8. The first-order chi connectivity index (χ1) is 6.62. The Morgan fingerprint density at radius 2 is 1.36 bits per heavy atom. The van der Waals surface area contributed by atoms with Crippen molar-refractivity contribution >= 4 is 0 Å². The molecule has 5 nitrogen and oxygen atoms in total. The van der Waals surface area contributed by atoms with Crippen molar-refractivity contribution in [1.82, 2.24) is 0 Å². The molecule has 4 N–H and O–H groups in total. The second-order valence-corrected chi connectivity index (χ2v) is 15.6. The van der Waals surface area contributed by atoms with Crippen LogP contribution in [0.15, 0.2) is 0 Å². The summed E-state index contributed by atoms with van der Waals surface area (Å²) in [6.45, 7) is 1.13. The fourth-order valence-corrected chi connectivity index (χ4v) is 10.1. The Morgan fingerprint density at radius 1 is 0.857 bits per heavy atom. The minimum atomic E-state index is -3.90. The van der Waals surface area contributed by atoms with Gasteiger partial charge in [0.25, 0.3) is 0 Å². The topological polar surface area (TPSA) is 79.7 Å². The Labute approximate surface area is 89.1 Å². The van der Waals surface area contributed by atoms with Gasteiger partial charge in [0.1, 0.15) is 0 Å². The molecule has 0 saturated carbocycles. The second kappa shape index (κ2) is 6.31. The number of hydrogen-bond donors (Lipinski definition) is 2. The molecule has 0 aliphatic heterocycles. The Morgan fingerprint density at radius 3 is 1.64 bits per heavy atom. The normalized spacial score (nSPS) is 15.1. The van der Waals surface area contributed by atoms with Crippen LogP contribution in [-0.4, -0.2) is 34.4 Å². The van der Waals surface area contributed by atoms with E-state index >= 15 is 0 Å². The standard InChI is InChI=1S/C3H8N.C2H6N.3CH3O.Zr/c1-2-3-4;1-2-3;3*1-2;/h1-4H2;1-3H2;3*1H3;/q;;3*-1;+3. The summed E-state index contributed by atoms with van der Waals surface area (Å²) in [5.41, 5.74) is 11.1. The second-order valence-electron chi connectivity index (χ2n) is 3.41. The van der Waals surface area contributed by atoms with Crippen LogP contribution in [-0.2, 0) is 28.5 Å². The summed E-state index contributed by atoms with van der Waals surface area (Å²) >= 11 is -3.90. The van der Waals surface area contributed by atoms with Gasteiger partial charge in [-0.05, 0) is 0 Å². The molecule has 0 spiro atoms. The monoisotopic (exact) mass is 285 g/mol. The summed E-state index contributed by atoms with van der Waals surface area (Å²) in [4.78, 5) is 0. The molecule has 0 heterocycles. The van der Waals surface area contributed by atoms with E-state index in [0.29, 0.717) is 17.2 Å². The molecule has 0 aliphatic carbocycles. The van der Waals surface area contributed by atoms with Crippen LogP contribution >= 0.6 is 0 Å². The zero-order valence-corrected chi connectivity index (χ0v) is 11.9. The van der Waals surface area contributed by atoms with Crippen LogP contribution in [0.4, 0.5) is 0 Å². The molecule has 0 saturated heterocycles. The van der Waals surface area contributed by atoms with E-state index in [1.807, 2.05) is 0 Å². The maximum absolute atomic E-state index is 5.60. The SMILES string of the molecule is C[O][Zr]([CH2]CN)([CH2]CCN)([O]C)[O]C. The summed E-state index contributed by atoms with van der Waals surface area (Å²) in [6.07, 6.45) is 0.848. The van der Waals surface area contributed by atoms with E-state index in [2.05, 4.69) is 0 Å². The first kappa shape index (κ1) is 14.7. The predicted octanol–water partition coefficient (Wildman–Crippen LogP) is 0.504. The van der Waals surface area contributed by atoms with E-state index in [1.165, 1.54) is 0 Å². The predicted molar refractivity (Wildman–Crippen MR) is 53.4 cm³/mol. The summed E-state index contributed by atoms with van der Waals surface area (Å²) in [6, 6.07) is 0. The molecule has 0 atom stereocenters. The van der Waals surface area contributed by atoms with E-state index in [4.69, 9.17) is 19.9 Å². The van der Waals surface area contributed by atoms with E-state index in [1.54, 1.807) is 21.3 Å². The van der Waals surface area contributed by atoms with Crippen molar-refractivity contribution in [3.05, 3.63) is 0 Å². The van der Waals surface area contributed by atoms with E-state index < -0.39 is 20.1 Å². The molecule has 87 valence electrons. The summed E-state index contributed by atoms with van der Waals surface area (Å²) < 4.78 is 18.2. The van der Waals surface area contributed by atoms with Crippen LogP contribution in [0.3, 0.4) is 0 Å². The molecule has 0 amide bonds. The quantitative estimate of drug-likeness (QED) is 0.679. The van der Waals surface area contributed by atoms with Gasteiger partial charge in [-0.3, -0.25) is 0 Å². The van der Waals surface area contributed by atoms with E-state index in [-0.39, 0.29) is 0 Å². The molecule has 0 unspecified atom stereocenters. The van der Waals surface area contributed by atoms with Gasteiger partial charge in [-0.1, -0.05) is 0 Å². The first-order valence-corrected chi connectivity index (χ1v) is 11.3. The summed E-state index contributed by atoms with van der Waals surface area (Å²) in [7, 11) is 4.93. The molecule has 0 aliphatic rings. The van der Waals surface area contributed by atoms with Gasteiger partial charge in [0.05, 0.1) is 0 Å².